The number of aromatic nitrogens is 3. The van der Waals surface area contributed by atoms with E-state index in [0.29, 0.717) is 17.9 Å². The van der Waals surface area contributed by atoms with Crippen LogP contribution in [-0.4, -0.2) is 52.1 Å². The SMILES string of the molecule is CCNc1nc(NC2CCSC2)nc(N2CCCCC2)n1. The van der Waals surface area contributed by atoms with E-state index in [1.54, 1.807) is 0 Å². The van der Waals surface area contributed by atoms with Crippen LogP contribution in [0.25, 0.3) is 0 Å². The Morgan fingerprint density at radius 2 is 1.95 bits per heavy atom. The monoisotopic (exact) mass is 308 g/mol. The Morgan fingerprint density at radius 1 is 1.14 bits per heavy atom. The first-order chi connectivity index (χ1) is 10.3. The summed E-state index contributed by atoms with van der Waals surface area (Å²) in [6.07, 6.45) is 4.95. The molecule has 2 saturated heterocycles. The van der Waals surface area contributed by atoms with Crippen molar-refractivity contribution in [2.45, 2.75) is 38.6 Å². The van der Waals surface area contributed by atoms with E-state index in [4.69, 9.17) is 0 Å². The molecule has 1 aromatic heterocycles. The summed E-state index contributed by atoms with van der Waals surface area (Å²) in [4.78, 5) is 16.0. The zero-order chi connectivity index (χ0) is 14.5. The molecule has 2 fully saturated rings. The van der Waals surface area contributed by atoms with Gasteiger partial charge in [-0.05, 0) is 38.4 Å². The fourth-order valence-electron chi connectivity index (χ4n) is 2.73. The molecule has 2 N–H and O–H groups in total. The Kier molecular flexibility index (Phi) is 5.00. The third kappa shape index (κ3) is 3.90. The Labute approximate surface area is 130 Å². The van der Waals surface area contributed by atoms with Gasteiger partial charge >= 0.3 is 0 Å². The van der Waals surface area contributed by atoms with E-state index in [1.807, 2.05) is 11.8 Å². The second-order valence-corrected chi connectivity index (χ2v) is 6.72. The minimum absolute atomic E-state index is 0.487. The van der Waals surface area contributed by atoms with E-state index in [1.165, 1.54) is 31.4 Å². The van der Waals surface area contributed by atoms with Crippen LogP contribution in [0.3, 0.4) is 0 Å². The van der Waals surface area contributed by atoms with Crippen LogP contribution in [0.5, 0.6) is 0 Å². The molecular formula is C14H24N6S. The molecule has 2 aliphatic rings. The minimum Gasteiger partial charge on any atom is -0.354 e. The van der Waals surface area contributed by atoms with Gasteiger partial charge in [0, 0.05) is 31.4 Å². The van der Waals surface area contributed by atoms with Crippen molar-refractivity contribution in [1.29, 1.82) is 0 Å². The third-order valence-corrected chi connectivity index (χ3v) is 5.02. The van der Waals surface area contributed by atoms with E-state index in [2.05, 4.69) is 37.4 Å². The first-order valence-corrected chi connectivity index (χ1v) is 9.10. The number of hydrogen-bond donors (Lipinski definition) is 2. The lowest BCUT2D eigenvalue weighted by molar-refractivity contribution is 0.567. The lowest BCUT2D eigenvalue weighted by Gasteiger charge is -2.27. The first kappa shape index (κ1) is 14.7. The predicted octanol–water partition coefficient (Wildman–Crippen LogP) is 2.21. The number of rotatable bonds is 5. The molecule has 21 heavy (non-hydrogen) atoms. The average molecular weight is 308 g/mol. The van der Waals surface area contributed by atoms with Crippen LogP contribution in [-0.2, 0) is 0 Å². The molecule has 0 saturated carbocycles. The van der Waals surface area contributed by atoms with Crippen LogP contribution in [0.2, 0.25) is 0 Å². The van der Waals surface area contributed by atoms with Gasteiger partial charge in [0.05, 0.1) is 0 Å². The van der Waals surface area contributed by atoms with Gasteiger partial charge < -0.3 is 15.5 Å². The van der Waals surface area contributed by atoms with Gasteiger partial charge in [-0.15, -0.1) is 0 Å². The van der Waals surface area contributed by atoms with Crippen molar-refractivity contribution >= 4 is 29.6 Å². The fourth-order valence-corrected chi connectivity index (χ4v) is 3.89. The molecule has 116 valence electrons. The topological polar surface area (TPSA) is 66.0 Å². The summed E-state index contributed by atoms with van der Waals surface area (Å²) in [5, 5.41) is 6.69. The van der Waals surface area contributed by atoms with Crippen molar-refractivity contribution in [2.75, 3.05) is 46.7 Å². The number of hydrogen-bond acceptors (Lipinski definition) is 7. The minimum atomic E-state index is 0.487. The lowest BCUT2D eigenvalue weighted by atomic mass is 10.1. The van der Waals surface area contributed by atoms with Crippen molar-refractivity contribution in [3.05, 3.63) is 0 Å². The maximum atomic E-state index is 4.65. The number of thioether (sulfide) groups is 1. The Morgan fingerprint density at radius 3 is 2.67 bits per heavy atom. The van der Waals surface area contributed by atoms with Gasteiger partial charge in [-0.3, -0.25) is 0 Å². The van der Waals surface area contributed by atoms with Gasteiger partial charge in [0.15, 0.2) is 0 Å². The molecule has 1 aromatic rings. The van der Waals surface area contributed by atoms with Crippen LogP contribution in [0.15, 0.2) is 0 Å². The van der Waals surface area contributed by atoms with Crippen LogP contribution >= 0.6 is 11.8 Å². The van der Waals surface area contributed by atoms with Crippen molar-refractivity contribution in [2.24, 2.45) is 0 Å². The first-order valence-electron chi connectivity index (χ1n) is 7.94. The van der Waals surface area contributed by atoms with E-state index in [9.17, 15) is 0 Å². The van der Waals surface area contributed by atoms with Crippen LogP contribution in [0, 0.1) is 0 Å². The van der Waals surface area contributed by atoms with E-state index >= 15 is 0 Å². The highest BCUT2D eigenvalue weighted by atomic mass is 32.2. The standard InChI is InChI=1S/C14H24N6S/c1-2-15-12-17-13(16-11-6-9-21-10-11)19-14(18-12)20-7-4-3-5-8-20/h11H,2-10H2,1H3,(H2,15,16,17,18,19). The largest absolute Gasteiger partial charge is 0.354 e. The van der Waals surface area contributed by atoms with Crippen molar-refractivity contribution in [3.8, 4) is 0 Å². The Hall–Kier alpha value is -1.24. The summed E-state index contributed by atoms with van der Waals surface area (Å²) in [5.74, 6) is 4.58. The number of nitrogens with zero attached hydrogens (tertiary/aromatic N) is 4. The van der Waals surface area contributed by atoms with Crippen LogP contribution in [0.1, 0.15) is 32.6 Å². The smallest absolute Gasteiger partial charge is 0.231 e. The molecule has 0 amide bonds. The van der Waals surface area contributed by atoms with E-state index in [-0.39, 0.29) is 0 Å². The highest BCUT2D eigenvalue weighted by Crippen LogP contribution is 2.22. The molecule has 0 bridgehead atoms. The second-order valence-electron chi connectivity index (χ2n) is 5.57. The van der Waals surface area contributed by atoms with Crippen molar-refractivity contribution in [1.82, 2.24) is 15.0 Å². The molecule has 1 unspecified atom stereocenters. The maximum Gasteiger partial charge on any atom is 0.231 e. The quantitative estimate of drug-likeness (QED) is 0.864. The van der Waals surface area contributed by atoms with Crippen molar-refractivity contribution < 1.29 is 0 Å². The summed E-state index contributed by atoms with van der Waals surface area (Å²) in [5.41, 5.74) is 0. The maximum absolute atomic E-state index is 4.65. The molecule has 0 radical (unpaired) electrons. The highest BCUT2D eigenvalue weighted by molar-refractivity contribution is 7.99. The molecule has 3 rings (SSSR count). The third-order valence-electron chi connectivity index (χ3n) is 3.86. The van der Waals surface area contributed by atoms with Gasteiger partial charge in [-0.1, -0.05) is 0 Å². The van der Waals surface area contributed by atoms with Gasteiger partial charge in [0.1, 0.15) is 0 Å². The molecule has 3 heterocycles. The van der Waals surface area contributed by atoms with Gasteiger partial charge in [-0.25, -0.2) is 0 Å². The summed E-state index contributed by atoms with van der Waals surface area (Å²) in [6.45, 7) is 4.98. The normalized spacial score (nSPS) is 22.3. The molecule has 0 spiro atoms. The Bertz CT molecular complexity index is 457. The zero-order valence-corrected chi connectivity index (χ0v) is 13.5. The second kappa shape index (κ2) is 7.15. The highest BCUT2D eigenvalue weighted by Gasteiger charge is 2.19. The summed E-state index contributed by atoms with van der Waals surface area (Å²) < 4.78 is 0. The van der Waals surface area contributed by atoms with Gasteiger partial charge in [0.25, 0.3) is 0 Å². The molecule has 6 nitrogen and oxygen atoms in total. The summed E-state index contributed by atoms with van der Waals surface area (Å²) >= 11 is 1.99. The molecule has 7 heteroatoms. The molecule has 1 atom stereocenters. The van der Waals surface area contributed by atoms with Crippen LogP contribution < -0.4 is 15.5 Å². The molecule has 2 aliphatic heterocycles. The zero-order valence-electron chi connectivity index (χ0n) is 12.6. The lowest BCUT2D eigenvalue weighted by Crippen LogP contribution is -2.32. The molecule has 0 aromatic carbocycles. The van der Waals surface area contributed by atoms with Gasteiger partial charge in [0.2, 0.25) is 17.8 Å². The van der Waals surface area contributed by atoms with E-state index < -0.39 is 0 Å². The summed E-state index contributed by atoms with van der Waals surface area (Å²) in [6, 6.07) is 0.487. The Balaban J connectivity index is 1.78. The average Bonchev–Trinajstić information content (AvgIpc) is 3.01. The van der Waals surface area contributed by atoms with E-state index in [0.717, 1.165) is 31.3 Å². The van der Waals surface area contributed by atoms with Crippen molar-refractivity contribution in [3.63, 3.8) is 0 Å². The summed E-state index contributed by atoms with van der Waals surface area (Å²) in [7, 11) is 0. The number of anilines is 3. The predicted molar refractivity (Wildman–Crippen MR) is 89.4 cm³/mol. The number of piperidine rings is 1. The molecular weight excluding hydrogens is 284 g/mol. The molecule has 0 aliphatic carbocycles. The number of nitrogens with one attached hydrogen (secondary N) is 2. The van der Waals surface area contributed by atoms with Crippen LogP contribution in [0.4, 0.5) is 17.8 Å². The van der Waals surface area contributed by atoms with Gasteiger partial charge in [-0.2, -0.15) is 26.7 Å². The fraction of sp³-hybridized carbons (Fsp3) is 0.786.